The molecule has 0 bridgehead atoms. The Labute approximate surface area is 95.8 Å². The van der Waals surface area contributed by atoms with E-state index in [9.17, 15) is 13.2 Å². The van der Waals surface area contributed by atoms with Crippen molar-refractivity contribution in [2.45, 2.75) is 6.42 Å². The molecule has 0 atom stereocenters. The van der Waals surface area contributed by atoms with Gasteiger partial charge in [-0.3, -0.25) is 5.41 Å². The molecule has 84 valence electrons. The molecule has 0 aliphatic rings. The van der Waals surface area contributed by atoms with Crippen molar-refractivity contribution in [1.29, 1.82) is 5.41 Å². The minimum Gasteiger partial charge on any atom is -0.358 e. The van der Waals surface area contributed by atoms with Crippen LogP contribution in [0.3, 0.4) is 0 Å². The van der Waals surface area contributed by atoms with Crippen molar-refractivity contribution in [2.75, 3.05) is 19.8 Å². The molecule has 0 heterocycles. The number of allylic oxidation sites excluding steroid dienone is 1. The number of nitrogens with zero attached hydrogens (tertiary/aromatic N) is 1. The van der Waals surface area contributed by atoms with Crippen LogP contribution in [0.5, 0.6) is 0 Å². The summed E-state index contributed by atoms with van der Waals surface area (Å²) in [6, 6.07) is 0. The summed E-state index contributed by atoms with van der Waals surface area (Å²) >= 11 is 1.03. The van der Waals surface area contributed by atoms with Gasteiger partial charge in [0.2, 0.25) is 0 Å². The van der Waals surface area contributed by atoms with E-state index in [-0.39, 0.29) is 34.3 Å². The third kappa shape index (κ3) is 7.25. The highest BCUT2D eigenvalue weighted by Crippen LogP contribution is 2.16. The second-order valence-electron chi connectivity index (χ2n) is 2.46. The van der Waals surface area contributed by atoms with Crippen LogP contribution in [-0.2, 0) is 0 Å². The number of halogens is 4. The average Bonchev–Trinajstić information content (AvgIpc) is 2.03. The Hall–Kier alpha value is -0.170. The summed E-state index contributed by atoms with van der Waals surface area (Å²) in [6.45, 7) is 0. The molecule has 14 heavy (non-hydrogen) atoms. The molecule has 7 heteroatoms. The van der Waals surface area contributed by atoms with Gasteiger partial charge in [-0.2, -0.15) is 8.78 Å². The molecule has 0 aromatic heterocycles. The standard InChI is InChI=1S/C7H11F3N2S.BrH/c1-12(2)7(11)13-4-3-5(8)6(9)10;/h11H,3-4H2,1-2H3;1H. The van der Waals surface area contributed by atoms with Gasteiger partial charge in [0, 0.05) is 26.3 Å². The lowest BCUT2D eigenvalue weighted by Gasteiger charge is -2.11. The number of hydrogen-bond donors (Lipinski definition) is 1. The van der Waals surface area contributed by atoms with Crippen LogP contribution < -0.4 is 0 Å². The van der Waals surface area contributed by atoms with E-state index in [1.165, 1.54) is 4.90 Å². The maximum atomic E-state index is 12.2. The van der Waals surface area contributed by atoms with Gasteiger partial charge in [0.05, 0.1) is 0 Å². The normalized spacial score (nSPS) is 8.93. The first-order valence-corrected chi connectivity index (χ1v) is 4.52. The van der Waals surface area contributed by atoms with Crippen LogP contribution in [0, 0.1) is 5.41 Å². The van der Waals surface area contributed by atoms with E-state index in [0.29, 0.717) is 0 Å². The van der Waals surface area contributed by atoms with Gasteiger partial charge in [0.15, 0.2) is 11.0 Å². The number of hydrogen-bond acceptors (Lipinski definition) is 2. The first kappa shape index (κ1) is 16.3. The van der Waals surface area contributed by atoms with Crippen molar-refractivity contribution < 1.29 is 13.2 Å². The molecular weight excluding hydrogens is 281 g/mol. The number of nitrogens with one attached hydrogen (secondary N) is 1. The van der Waals surface area contributed by atoms with E-state index in [1.807, 2.05) is 0 Å². The molecule has 1 N–H and O–H groups in total. The Morgan fingerprint density at radius 2 is 1.79 bits per heavy atom. The predicted octanol–water partition coefficient (Wildman–Crippen LogP) is 3.26. The summed E-state index contributed by atoms with van der Waals surface area (Å²) in [4.78, 5) is 1.53. The van der Waals surface area contributed by atoms with E-state index >= 15 is 0 Å². The monoisotopic (exact) mass is 292 g/mol. The molecule has 0 spiro atoms. The van der Waals surface area contributed by atoms with E-state index in [4.69, 9.17) is 5.41 Å². The number of rotatable bonds is 3. The molecule has 0 saturated heterocycles. The third-order valence-corrected chi connectivity index (χ3v) is 2.22. The summed E-state index contributed by atoms with van der Waals surface area (Å²) in [5.41, 5.74) is 0. The molecule has 0 amide bonds. The number of amidine groups is 1. The Bertz CT molecular complexity index is 217. The van der Waals surface area contributed by atoms with Crippen LogP contribution in [0.25, 0.3) is 0 Å². The van der Waals surface area contributed by atoms with E-state index in [1.54, 1.807) is 14.1 Å². The SMILES string of the molecule is Br.CN(C)C(=N)SCCC(F)=C(F)F. The molecule has 2 nitrogen and oxygen atoms in total. The summed E-state index contributed by atoms with van der Waals surface area (Å²) < 4.78 is 35.3. The van der Waals surface area contributed by atoms with Gasteiger partial charge >= 0.3 is 6.08 Å². The molecule has 0 aliphatic heterocycles. The lowest BCUT2D eigenvalue weighted by molar-refractivity contribution is 0.373. The van der Waals surface area contributed by atoms with Crippen molar-refractivity contribution in [2.24, 2.45) is 0 Å². The van der Waals surface area contributed by atoms with Crippen molar-refractivity contribution in [1.82, 2.24) is 4.90 Å². The van der Waals surface area contributed by atoms with Crippen LogP contribution in [-0.4, -0.2) is 29.9 Å². The summed E-state index contributed by atoms with van der Waals surface area (Å²) in [5.74, 6) is -1.24. The Kier molecular flexibility index (Phi) is 9.49. The molecular formula is C7H12BrF3N2S. The highest BCUT2D eigenvalue weighted by atomic mass is 79.9. The van der Waals surface area contributed by atoms with E-state index in [0.717, 1.165) is 11.8 Å². The fraction of sp³-hybridized carbons (Fsp3) is 0.571. The van der Waals surface area contributed by atoms with Gasteiger partial charge in [0.25, 0.3) is 0 Å². The Morgan fingerprint density at radius 1 is 1.29 bits per heavy atom. The van der Waals surface area contributed by atoms with Crippen LogP contribution >= 0.6 is 28.7 Å². The highest BCUT2D eigenvalue weighted by molar-refractivity contribution is 8.93. The van der Waals surface area contributed by atoms with Crippen LogP contribution in [0.1, 0.15) is 6.42 Å². The average molecular weight is 293 g/mol. The van der Waals surface area contributed by atoms with Gasteiger partial charge in [-0.05, 0) is 0 Å². The van der Waals surface area contributed by atoms with Gasteiger partial charge in [0.1, 0.15) is 0 Å². The molecule has 0 fully saturated rings. The maximum Gasteiger partial charge on any atom is 0.301 e. The quantitative estimate of drug-likeness (QED) is 0.638. The van der Waals surface area contributed by atoms with Crippen LogP contribution in [0.4, 0.5) is 13.2 Å². The smallest absolute Gasteiger partial charge is 0.301 e. The zero-order valence-electron chi connectivity index (χ0n) is 7.81. The van der Waals surface area contributed by atoms with Gasteiger partial charge in [-0.25, -0.2) is 4.39 Å². The Balaban J connectivity index is 0. The molecule has 0 aromatic rings. The topological polar surface area (TPSA) is 27.1 Å². The molecule has 0 aliphatic carbocycles. The second kappa shape index (κ2) is 8.16. The molecule has 0 saturated carbocycles. The van der Waals surface area contributed by atoms with Crippen molar-refractivity contribution in [3.8, 4) is 0 Å². The van der Waals surface area contributed by atoms with Crippen LogP contribution in [0.15, 0.2) is 11.9 Å². The zero-order chi connectivity index (χ0) is 10.4. The summed E-state index contributed by atoms with van der Waals surface area (Å²) in [5, 5.41) is 7.49. The van der Waals surface area contributed by atoms with Gasteiger partial charge in [-0.1, -0.05) is 11.8 Å². The first-order chi connectivity index (χ1) is 5.95. The summed E-state index contributed by atoms with van der Waals surface area (Å²) in [7, 11) is 3.33. The Morgan fingerprint density at radius 3 is 2.14 bits per heavy atom. The minimum atomic E-state index is -2.27. The van der Waals surface area contributed by atoms with Gasteiger partial charge in [-0.15, -0.1) is 17.0 Å². The molecule has 0 aromatic carbocycles. The van der Waals surface area contributed by atoms with Gasteiger partial charge < -0.3 is 4.90 Å². The maximum absolute atomic E-state index is 12.2. The summed E-state index contributed by atoms with van der Waals surface area (Å²) in [6.07, 6.45) is -2.60. The second-order valence-corrected chi connectivity index (χ2v) is 3.55. The van der Waals surface area contributed by atoms with E-state index < -0.39 is 11.9 Å². The highest BCUT2D eigenvalue weighted by Gasteiger charge is 2.06. The first-order valence-electron chi connectivity index (χ1n) is 3.53. The van der Waals surface area contributed by atoms with E-state index in [2.05, 4.69) is 0 Å². The van der Waals surface area contributed by atoms with Crippen molar-refractivity contribution in [3.63, 3.8) is 0 Å². The van der Waals surface area contributed by atoms with Crippen molar-refractivity contribution in [3.05, 3.63) is 11.9 Å². The lowest BCUT2D eigenvalue weighted by atomic mass is 10.4. The zero-order valence-corrected chi connectivity index (χ0v) is 10.3. The number of thioether (sulfide) groups is 1. The largest absolute Gasteiger partial charge is 0.358 e. The fourth-order valence-corrected chi connectivity index (χ4v) is 1.19. The lowest BCUT2D eigenvalue weighted by Crippen LogP contribution is -2.17. The van der Waals surface area contributed by atoms with Crippen molar-refractivity contribution >= 4 is 33.9 Å². The molecule has 0 rings (SSSR count). The predicted molar refractivity (Wildman–Crippen MR) is 59.2 cm³/mol. The van der Waals surface area contributed by atoms with Crippen LogP contribution in [0.2, 0.25) is 0 Å². The fourth-order valence-electron chi connectivity index (χ4n) is 0.461. The minimum absolute atomic E-state index is 0. The third-order valence-electron chi connectivity index (χ3n) is 1.17. The molecule has 0 unspecified atom stereocenters. The molecule has 0 radical (unpaired) electrons.